The number of nitrogens with zero attached hydrogens (tertiary/aromatic N) is 1. The van der Waals surface area contributed by atoms with Crippen LogP contribution >= 0.6 is 0 Å². The molecule has 40 heavy (non-hydrogen) atoms. The van der Waals surface area contributed by atoms with Crippen LogP contribution in [0.3, 0.4) is 0 Å². The lowest BCUT2D eigenvalue weighted by atomic mass is 9.87. The third kappa shape index (κ3) is 8.80. The first-order valence-electron chi connectivity index (χ1n) is 14.1. The zero-order valence-corrected chi connectivity index (χ0v) is 26.8. The van der Waals surface area contributed by atoms with Gasteiger partial charge in [0.1, 0.15) is 5.82 Å². The molecule has 2 rings (SSSR count). The van der Waals surface area contributed by atoms with Gasteiger partial charge in [-0.15, -0.1) is 0 Å². The predicted molar refractivity (Wildman–Crippen MR) is 162 cm³/mol. The van der Waals surface area contributed by atoms with Crippen LogP contribution in [0.2, 0.25) is 18.1 Å². The third-order valence-electron chi connectivity index (χ3n) is 7.64. The summed E-state index contributed by atoms with van der Waals surface area (Å²) in [6.07, 6.45) is 1.19. The number of benzene rings is 1. The minimum atomic E-state index is -2.11. The van der Waals surface area contributed by atoms with Crippen LogP contribution in [0.1, 0.15) is 95.7 Å². The van der Waals surface area contributed by atoms with Crippen LogP contribution in [0.25, 0.3) is 17.2 Å². The molecule has 0 amide bonds. The number of esters is 1. The first-order chi connectivity index (χ1) is 18.5. The molecule has 0 saturated carbocycles. The van der Waals surface area contributed by atoms with Crippen molar-refractivity contribution in [3.8, 4) is 11.1 Å². The lowest BCUT2D eigenvalue weighted by Gasteiger charge is -2.37. The number of aliphatic hydroxyl groups excluding tert-OH is 2. The second-order valence-corrected chi connectivity index (χ2v) is 17.4. The molecule has 1 aromatic heterocycles. The van der Waals surface area contributed by atoms with E-state index in [2.05, 4.69) is 66.3 Å². The van der Waals surface area contributed by atoms with Crippen LogP contribution in [0.4, 0.5) is 4.39 Å². The fraction of sp³-hybridized carbons (Fsp3) is 0.562. The molecule has 0 spiro atoms. The number of carbonyl (C=O) groups excluding carboxylic acids is 1. The molecule has 2 N–H and O–H groups in total. The topological polar surface area (TPSA) is 88.9 Å². The highest BCUT2D eigenvalue weighted by molar-refractivity contribution is 6.74. The van der Waals surface area contributed by atoms with Gasteiger partial charge in [0.25, 0.3) is 0 Å². The Morgan fingerprint density at radius 3 is 2.12 bits per heavy atom. The van der Waals surface area contributed by atoms with Gasteiger partial charge in [-0.1, -0.05) is 72.8 Å². The van der Waals surface area contributed by atoms with Crippen LogP contribution in [-0.4, -0.2) is 48.8 Å². The molecule has 0 saturated heterocycles. The molecule has 0 radical (unpaired) electrons. The monoisotopic (exact) mass is 573 g/mol. The molecule has 8 heteroatoms. The first kappa shape index (κ1) is 33.8. The lowest BCUT2D eigenvalue weighted by molar-refractivity contribution is -0.143. The number of methoxy groups -OCH3 is 1. The molecule has 0 bridgehead atoms. The van der Waals surface area contributed by atoms with Gasteiger partial charge in [-0.3, -0.25) is 9.78 Å². The predicted octanol–water partition coefficient (Wildman–Crippen LogP) is 7.34. The lowest BCUT2D eigenvalue weighted by Crippen LogP contribution is -2.40. The number of halogens is 1. The SMILES string of the molecule is COC(=O)C[C@@H](O)C[C@@H](O)/C=C/c1c(C(C)C)nc(C(C)C)c(CO[Si](C)(C)C(C)(C)C)c1-c1ccc(F)cc1. The number of pyridine rings is 1. The van der Waals surface area contributed by atoms with Gasteiger partial charge in [0.2, 0.25) is 0 Å². The van der Waals surface area contributed by atoms with E-state index in [9.17, 15) is 19.4 Å². The zero-order chi connectivity index (χ0) is 30.4. The van der Waals surface area contributed by atoms with E-state index in [1.807, 2.05) is 6.08 Å². The van der Waals surface area contributed by atoms with E-state index < -0.39 is 26.5 Å². The molecule has 0 fully saturated rings. The molecule has 2 atom stereocenters. The summed E-state index contributed by atoms with van der Waals surface area (Å²) in [6, 6.07) is 6.43. The Balaban J connectivity index is 2.75. The summed E-state index contributed by atoms with van der Waals surface area (Å²) in [5.74, 6) is -0.679. The average Bonchev–Trinajstić information content (AvgIpc) is 2.85. The van der Waals surface area contributed by atoms with Crippen molar-refractivity contribution in [3.05, 3.63) is 58.7 Å². The van der Waals surface area contributed by atoms with Crippen molar-refractivity contribution in [2.24, 2.45) is 0 Å². The van der Waals surface area contributed by atoms with Crippen molar-refractivity contribution in [1.29, 1.82) is 0 Å². The van der Waals surface area contributed by atoms with E-state index in [4.69, 9.17) is 9.41 Å². The summed E-state index contributed by atoms with van der Waals surface area (Å²) in [4.78, 5) is 16.7. The van der Waals surface area contributed by atoms with Gasteiger partial charge >= 0.3 is 5.97 Å². The van der Waals surface area contributed by atoms with Crippen molar-refractivity contribution in [2.75, 3.05) is 7.11 Å². The summed E-state index contributed by atoms with van der Waals surface area (Å²) >= 11 is 0. The van der Waals surface area contributed by atoms with Gasteiger partial charge in [-0.2, -0.15) is 0 Å². The van der Waals surface area contributed by atoms with E-state index in [1.54, 1.807) is 18.2 Å². The maximum absolute atomic E-state index is 14.0. The van der Waals surface area contributed by atoms with E-state index in [0.29, 0.717) is 6.61 Å². The number of aromatic nitrogens is 1. The first-order valence-corrected chi connectivity index (χ1v) is 17.0. The zero-order valence-electron chi connectivity index (χ0n) is 25.8. The Hall–Kier alpha value is -2.39. The smallest absolute Gasteiger partial charge is 0.308 e. The van der Waals surface area contributed by atoms with E-state index in [-0.39, 0.29) is 35.5 Å². The highest BCUT2D eigenvalue weighted by atomic mass is 28.4. The van der Waals surface area contributed by atoms with Crippen LogP contribution in [-0.2, 0) is 20.6 Å². The molecule has 0 aliphatic rings. The van der Waals surface area contributed by atoms with Crippen molar-refractivity contribution in [1.82, 2.24) is 4.98 Å². The molecule has 0 unspecified atom stereocenters. The van der Waals surface area contributed by atoms with Gasteiger partial charge in [0.05, 0.1) is 38.0 Å². The van der Waals surface area contributed by atoms with Gasteiger partial charge in [-0.25, -0.2) is 4.39 Å². The number of aliphatic hydroxyl groups is 2. The third-order valence-corrected chi connectivity index (χ3v) is 12.1. The number of hydrogen-bond acceptors (Lipinski definition) is 6. The van der Waals surface area contributed by atoms with Crippen LogP contribution < -0.4 is 0 Å². The van der Waals surface area contributed by atoms with Crippen LogP contribution in [0, 0.1) is 5.82 Å². The fourth-order valence-corrected chi connectivity index (χ4v) is 5.19. The molecule has 2 aromatic rings. The van der Waals surface area contributed by atoms with E-state index in [0.717, 1.165) is 33.6 Å². The molecule has 1 aromatic carbocycles. The standard InChI is InChI=1S/C32H48FNO5Si/c1-20(2)30-26(16-15-24(35)17-25(36)18-28(37)38-8)29(22-11-13-23(33)14-12-22)27(31(34-30)21(3)4)19-39-40(9,10)32(5,6)7/h11-16,20-21,24-25,35-36H,17-19H2,1-10H3/b16-15+/t24-,25-/m0/s1. The Morgan fingerprint density at radius 2 is 1.62 bits per heavy atom. The number of ether oxygens (including phenoxy) is 1. The summed E-state index contributed by atoms with van der Waals surface area (Å²) < 4.78 is 25.3. The molecule has 0 aliphatic heterocycles. The van der Waals surface area contributed by atoms with Crippen molar-refractivity contribution in [3.63, 3.8) is 0 Å². The van der Waals surface area contributed by atoms with Gasteiger partial charge < -0.3 is 19.4 Å². The van der Waals surface area contributed by atoms with Crippen molar-refractivity contribution < 1.29 is 28.6 Å². The summed E-state index contributed by atoms with van der Waals surface area (Å²) in [5.41, 5.74) is 5.31. The molecule has 1 heterocycles. The molecule has 6 nitrogen and oxygen atoms in total. The largest absolute Gasteiger partial charge is 0.469 e. The second-order valence-electron chi connectivity index (χ2n) is 12.6. The minimum Gasteiger partial charge on any atom is -0.469 e. The highest BCUT2D eigenvalue weighted by Gasteiger charge is 2.38. The Kier molecular flexibility index (Phi) is 11.8. The average molecular weight is 574 g/mol. The number of hydrogen-bond donors (Lipinski definition) is 2. The Morgan fingerprint density at radius 1 is 1.05 bits per heavy atom. The maximum Gasteiger partial charge on any atom is 0.308 e. The van der Waals surface area contributed by atoms with Gasteiger partial charge in [0.15, 0.2) is 8.32 Å². The van der Waals surface area contributed by atoms with Gasteiger partial charge in [-0.05, 0) is 53.2 Å². The second kappa shape index (κ2) is 14.0. The summed E-state index contributed by atoms with van der Waals surface area (Å²) in [6.45, 7) is 19.8. The molecule has 222 valence electrons. The Labute approximate surface area is 240 Å². The summed E-state index contributed by atoms with van der Waals surface area (Å²) in [5, 5.41) is 21.0. The normalized spacial score (nSPS) is 14.3. The van der Waals surface area contributed by atoms with Crippen molar-refractivity contribution in [2.45, 2.75) is 110 Å². The van der Waals surface area contributed by atoms with Crippen LogP contribution in [0.15, 0.2) is 30.3 Å². The van der Waals surface area contributed by atoms with E-state index >= 15 is 0 Å². The maximum atomic E-state index is 14.0. The molecular formula is C32H48FNO5Si. The molecular weight excluding hydrogens is 525 g/mol. The fourth-order valence-electron chi connectivity index (χ4n) is 4.25. The minimum absolute atomic E-state index is 0.0181. The highest BCUT2D eigenvalue weighted by Crippen LogP contribution is 2.41. The summed E-state index contributed by atoms with van der Waals surface area (Å²) in [7, 11) is -0.854. The van der Waals surface area contributed by atoms with Gasteiger partial charge in [0, 0.05) is 23.2 Å². The quantitative estimate of drug-likeness (QED) is 0.204. The van der Waals surface area contributed by atoms with Crippen LogP contribution in [0.5, 0.6) is 0 Å². The Bertz CT molecular complexity index is 1170. The molecule has 0 aliphatic carbocycles. The van der Waals surface area contributed by atoms with E-state index in [1.165, 1.54) is 19.2 Å². The van der Waals surface area contributed by atoms with Crippen molar-refractivity contribution >= 4 is 20.4 Å². The number of rotatable bonds is 12. The number of carbonyl (C=O) groups is 1.